The second kappa shape index (κ2) is 4.12. The van der Waals surface area contributed by atoms with E-state index in [0.717, 1.165) is 22.8 Å². The molecule has 2 heterocycles. The Morgan fingerprint density at radius 2 is 2.40 bits per heavy atom. The van der Waals surface area contributed by atoms with Crippen molar-refractivity contribution < 1.29 is 0 Å². The molecule has 1 atom stereocenters. The van der Waals surface area contributed by atoms with Crippen LogP contribution in [0.3, 0.4) is 0 Å². The van der Waals surface area contributed by atoms with Crippen molar-refractivity contribution in [3.63, 3.8) is 0 Å². The Balaban J connectivity index is 2.06. The highest BCUT2D eigenvalue weighted by Gasteiger charge is 2.11. The Morgan fingerprint density at radius 3 is 2.93 bits per heavy atom. The van der Waals surface area contributed by atoms with Gasteiger partial charge in [0.2, 0.25) is 0 Å². The fourth-order valence-corrected chi connectivity index (χ4v) is 2.08. The van der Waals surface area contributed by atoms with E-state index in [4.69, 9.17) is 5.73 Å². The molecule has 0 amide bonds. The second-order valence-corrected chi connectivity index (χ2v) is 4.69. The molecule has 0 saturated heterocycles. The van der Waals surface area contributed by atoms with E-state index in [1.165, 1.54) is 0 Å². The minimum Gasteiger partial charge on any atom is -0.340 e. The lowest BCUT2D eigenvalue weighted by Crippen LogP contribution is -2.14. The zero-order valence-electron chi connectivity index (χ0n) is 8.84. The molecule has 4 nitrogen and oxygen atoms in total. The highest BCUT2D eigenvalue weighted by molar-refractivity contribution is 7.09. The Morgan fingerprint density at radius 1 is 1.60 bits per heavy atom. The quantitative estimate of drug-likeness (QED) is 0.854. The summed E-state index contributed by atoms with van der Waals surface area (Å²) in [6.45, 7) is 2.00. The van der Waals surface area contributed by atoms with E-state index in [1.807, 2.05) is 24.7 Å². The van der Waals surface area contributed by atoms with Crippen LogP contribution in [0.5, 0.6) is 0 Å². The standard InChI is InChI=1S/C10H14N4S/c1-7-13-8(5-15-7)3-9(11)10-4-14(2)6-12-10/h4-6,9H,3,11H2,1-2H3. The predicted octanol–water partition coefficient (Wildman–Crippen LogP) is 1.43. The molecular formula is C10H14N4S. The number of aromatic nitrogens is 3. The van der Waals surface area contributed by atoms with Crippen LogP contribution < -0.4 is 5.73 Å². The fraction of sp³-hybridized carbons (Fsp3) is 0.400. The molecular weight excluding hydrogens is 208 g/mol. The van der Waals surface area contributed by atoms with Gasteiger partial charge in [-0.15, -0.1) is 11.3 Å². The molecule has 0 aliphatic carbocycles. The van der Waals surface area contributed by atoms with E-state index >= 15 is 0 Å². The molecule has 80 valence electrons. The average Bonchev–Trinajstić information content (AvgIpc) is 2.75. The first kappa shape index (κ1) is 10.3. The fourth-order valence-electron chi connectivity index (χ4n) is 1.46. The Hall–Kier alpha value is -1.20. The van der Waals surface area contributed by atoms with E-state index in [0.29, 0.717) is 0 Å². The molecule has 0 fully saturated rings. The van der Waals surface area contributed by atoms with Gasteiger partial charge in [-0.05, 0) is 6.92 Å². The maximum absolute atomic E-state index is 6.04. The molecule has 2 rings (SSSR count). The molecule has 5 heteroatoms. The molecule has 0 aliphatic heterocycles. The Bertz CT molecular complexity index is 446. The lowest BCUT2D eigenvalue weighted by atomic mass is 10.1. The van der Waals surface area contributed by atoms with E-state index in [9.17, 15) is 0 Å². The molecule has 2 aromatic rings. The SMILES string of the molecule is Cc1nc(CC(N)c2cn(C)cn2)cs1. The van der Waals surface area contributed by atoms with Crippen molar-refractivity contribution in [2.45, 2.75) is 19.4 Å². The summed E-state index contributed by atoms with van der Waals surface area (Å²) in [6, 6.07) is -0.0623. The van der Waals surface area contributed by atoms with Gasteiger partial charge >= 0.3 is 0 Å². The van der Waals surface area contributed by atoms with Crippen LogP contribution in [0.1, 0.15) is 22.4 Å². The van der Waals surface area contributed by atoms with E-state index < -0.39 is 0 Å². The Kier molecular flexibility index (Phi) is 2.83. The molecule has 2 N–H and O–H groups in total. The molecule has 15 heavy (non-hydrogen) atoms. The lowest BCUT2D eigenvalue weighted by Gasteiger charge is -2.05. The minimum atomic E-state index is -0.0623. The normalized spacial score (nSPS) is 13.0. The lowest BCUT2D eigenvalue weighted by molar-refractivity contribution is 0.688. The largest absolute Gasteiger partial charge is 0.340 e. The van der Waals surface area contributed by atoms with Crippen molar-refractivity contribution >= 4 is 11.3 Å². The summed E-state index contributed by atoms with van der Waals surface area (Å²) in [6.07, 6.45) is 4.47. The number of hydrogen-bond donors (Lipinski definition) is 1. The van der Waals surface area contributed by atoms with Crippen LogP contribution in [0.25, 0.3) is 0 Å². The number of nitrogens with two attached hydrogens (primary N) is 1. The molecule has 1 unspecified atom stereocenters. The number of aryl methyl sites for hydroxylation is 2. The van der Waals surface area contributed by atoms with Gasteiger partial charge in [0, 0.05) is 25.0 Å². The molecule has 0 aromatic carbocycles. The zero-order valence-corrected chi connectivity index (χ0v) is 9.66. The Labute approximate surface area is 92.8 Å². The van der Waals surface area contributed by atoms with Gasteiger partial charge in [0.15, 0.2) is 0 Å². The maximum atomic E-state index is 6.04. The first-order valence-electron chi connectivity index (χ1n) is 4.79. The van der Waals surface area contributed by atoms with Gasteiger partial charge in [0.25, 0.3) is 0 Å². The first-order valence-corrected chi connectivity index (χ1v) is 5.67. The smallest absolute Gasteiger partial charge is 0.0947 e. The average molecular weight is 222 g/mol. The molecule has 2 aromatic heterocycles. The van der Waals surface area contributed by atoms with Gasteiger partial charge in [-0.25, -0.2) is 9.97 Å². The second-order valence-electron chi connectivity index (χ2n) is 3.63. The number of nitrogens with zero attached hydrogens (tertiary/aromatic N) is 3. The summed E-state index contributed by atoms with van der Waals surface area (Å²) in [5, 5.41) is 3.14. The number of imidazole rings is 1. The highest BCUT2D eigenvalue weighted by atomic mass is 32.1. The third-order valence-electron chi connectivity index (χ3n) is 2.20. The zero-order chi connectivity index (χ0) is 10.8. The number of thiazole rings is 1. The van der Waals surface area contributed by atoms with Gasteiger partial charge < -0.3 is 10.3 Å². The van der Waals surface area contributed by atoms with Crippen LogP contribution in [0, 0.1) is 6.92 Å². The van der Waals surface area contributed by atoms with Crippen LogP contribution >= 0.6 is 11.3 Å². The third kappa shape index (κ3) is 2.43. The van der Waals surface area contributed by atoms with Gasteiger partial charge in [0.05, 0.1) is 28.8 Å². The first-order chi connectivity index (χ1) is 7.15. The van der Waals surface area contributed by atoms with Crippen molar-refractivity contribution in [3.8, 4) is 0 Å². The highest BCUT2D eigenvalue weighted by Crippen LogP contribution is 2.15. The van der Waals surface area contributed by atoms with E-state index in [-0.39, 0.29) is 6.04 Å². The van der Waals surface area contributed by atoms with Gasteiger partial charge in [-0.2, -0.15) is 0 Å². The summed E-state index contributed by atoms with van der Waals surface area (Å²) in [7, 11) is 1.94. The molecule has 0 spiro atoms. The summed E-state index contributed by atoms with van der Waals surface area (Å²) < 4.78 is 1.90. The summed E-state index contributed by atoms with van der Waals surface area (Å²) in [5.41, 5.74) is 8.01. The van der Waals surface area contributed by atoms with Crippen LogP contribution in [0.4, 0.5) is 0 Å². The summed E-state index contributed by atoms with van der Waals surface area (Å²) >= 11 is 1.65. The van der Waals surface area contributed by atoms with Crippen LogP contribution in [0.15, 0.2) is 17.9 Å². The van der Waals surface area contributed by atoms with Crippen molar-refractivity contribution in [1.29, 1.82) is 0 Å². The minimum absolute atomic E-state index is 0.0623. The van der Waals surface area contributed by atoms with Crippen molar-refractivity contribution in [2.24, 2.45) is 12.8 Å². The monoisotopic (exact) mass is 222 g/mol. The van der Waals surface area contributed by atoms with E-state index in [1.54, 1.807) is 17.7 Å². The molecule has 0 aliphatic rings. The summed E-state index contributed by atoms with van der Waals surface area (Å²) in [4.78, 5) is 8.62. The van der Waals surface area contributed by atoms with E-state index in [2.05, 4.69) is 15.3 Å². The van der Waals surface area contributed by atoms with Crippen molar-refractivity contribution in [3.05, 3.63) is 34.3 Å². The third-order valence-corrected chi connectivity index (χ3v) is 3.02. The topological polar surface area (TPSA) is 56.7 Å². The molecule has 0 bridgehead atoms. The van der Waals surface area contributed by atoms with Gasteiger partial charge in [-0.3, -0.25) is 0 Å². The van der Waals surface area contributed by atoms with Crippen molar-refractivity contribution in [1.82, 2.24) is 14.5 Å². The van der Waals surface area contributed by atoms with Crippen LogP contribution in [0.2, 0.25) is 0 Å². The van der Waals surface area contributed by atoms with Crippen LogP contribution in [-0.4, -0.2) is 14.5 Å². The summed E-state index contributed by atoms with van der Waals surface area (Å²) in [5.74, 6) is 0. The van der Waals surface area contributed by atoms with Crippen molar-refractivity contribution in [2.75, 3.05) is 0 Å². The molecule has 0 saturated carbocycles. The number of rotatable bonds is 3. The predicted molar refractivity (Wildman–Crippen MR) is 60.7 cm³/mol. The van der Waals surface area contributed by atoms with Gasteiger partial charge in [-0.1, -0.05) is 0 Å². The maximum Gasteiger partial charge on any atom is 0.0947 e. The molecule has 0 radical (unpaired) electrons. The number of hydrogen-bond acceptors (Lipinski definition) is 4. The van der Waals surface area contributed by atoms with Gasteiger partial charge in [0.1, 0.15) is 0 Å². The van der Waals surface area contributed by atoms with Crippen LogP contribution in [-0.2, 0) is 13.5 Å².